The summed E-state index contributed by atoms with van der Waals surface area (Å²) in [5.41, 5.74) is 1.83. The molecule has 2 heterocycles. The van der Waals surface area contributed by atoms with Crippen LogP contribution in [0, 0.1) is 5.82 Å². The first kappa shape index (κ1) is 17.0. The molecule has 2 N–H and O–H groups in total. The van der Waals surface area contributed by atoms with Gasteiger partial charge in [0.05, 0.1) is 11.6 Å². The molecular formula is C21H17FN2O3. The molecule has 5 nitrogen and oxygen atoms in total. The van der Waals surface area contributed by atoms with Crippen LogP contribution in [0.5, 0.6) is 0 Å². The molecule has 2 aromatic carbocycles. The van der Waals surface area contributed by atoms with Gasteiger partial charge in [-0.25, -0.2) is 4.39 Å². The fourth-order valence-corrected chi connectivity index (χ4v) is 3.59. The highest BCUT2D eigenvalue weighted by atomic mass is 19.1. The van der Waals surface area contributed by atoms with Gasteiger partial charge in [0.2, 0.25) is 0 Å². The number of Topliss-reactive ketones (excluding diaryl/α,β-unsaturated/α-hetero) is 1. The fraction of sp³-hybridized carbons (Fsp3) is 0.143. The number of aliphatic hydroxyl groups excluding tert-OH is 1. The van der Waals surface area contributed by atoms with Crippen molar-refractivity contribution in [3.63, 3.8) is 0 Å². The number of nitrogens with one attached hydrogen (secondary N) is 1. The molecule has 6 heteroatoms. The van der Waals surface area contributed by atoms with Gasteiger partial charge in [0.1, 0.15) is 5.82 Å². The molecule has 1 aliphatic rings. The summed E-state index contributed by atoms with van der Waals surface area (Å²) in [6, 6.07) is 12.2. The summed E-state index contributed by atoms with van der Waals surface area (Å²) in [6.45, 7) is 1.67. The molecule has 27 heavy (non-hydrogen) atoms. The lowest BCUT2D eigenvalue weighted by Gasteiger charge is -2.26. The topological polar surface area (TPSA) is 73.4 Å². The largest absolute Gasteiger partial charge is 0.503 e. The van der Waals surface area contributed by atoms with E-state index in [1.165, 1.54) is 23.1 Å². The van der Waals surface area contributed by atoms with Crippen molar-refractivity contribution in [2.24, 2.45) is 0 Å². The molecule has 0 radical (unpaired) electrons. The molecule has 1 amide bonds. The van der Waals surface area contributed by atoms with E-state index in [9.17, 15) is 19.1 Å². The van der Waals surface area contributed by atoms with E-state index in [-0.39, 0.29) is 23.5 Å². The van der Waals surface area contributed by atoms with Crippen molar-refractivity contribution in [2.45, 2.75) is 19.4 Å². The number of ketones is 1. The minimum Gasteiger partial charge on any atom is -0.503 e. The van der Waals surface area contributed by atoms with E-state index < -0.39 is 23.5 Å². The third kappa shape index (κ3) is 2.61. The molecule has 0 saturated heterocycles. The number of amides is 1. The number of halogens is 1. The van der Waals surface area contributed by atoms with Crippen molar-refractivity contribution < 1.29 is 19.1 Å². The minimum absolute atomic E-state index is 0.0384. The van der Waals surface area contributed by atoms with Crippen molar-refractivity contribution in [1.29, 1.82) is 0 Å². The number of anilines is 1. The van der Waals surface area contributed by atoms with Crippen LogP contribution in [0.15, 0.2) is 66.1 Å². The summed E-state index contributed by atoms with van der Waals surface area (Å²) in [7, 11) is 0. The number of H-pyrrole nitrogens is 1. The molecule has 0 aliphatic carbocycles. The van der Waals surface area contributed by atoms with Gasteiger partial charge in [-0.15, -0.1) is 0 Å². The van der Waals surface area contributed by atoms with E-state index in [0.29, 0.717) is 5.56 Å². The number of hydrogen-bond donors (Lipinski definition) is 2. The summed E-state index contributed by atoms with van der Waals surface area (Å²) in [5.74, 6) is -2.13. The fourth-order valence-electron chi connectivity index (χ4n) is 3.59. The van der Waals surface area contributed by atoms with Gasteiger partial charge in [-0.2, -0.15) is 0 Å². The Bertz CT molecular complexity index is 1100. The average Bonchev–Trinajstić information content (AvgIpc) is 3.20. The molecule has 1 aromatic heterocycles. The first-order chi connectivity index (χ1) is 13.0. The van der Waals surface area contributed by atoms with Crippen molar-refractivity contribution in [3.8, 4) is 0 Å². The predicted molar refractivity (Wildman–Crippen MR) is 99.9 cm³/mol. The zero-order chi connectivity index (χ0) is 19.1. The Morgan fingerprint density at radius 1 is 1.22 bits per heavy atom. The summed E-state index contributed by atoms with van der Waals surface area (Å²) in [5, 5.41) is 11.3. The summed E-state index contributed by atoms with van der Waals surface area (Å²) >= 11 is 0. The molecule has 1 unspecified atom stereocenters. The number of carbonyl (C=O) groups excluding carboxylic acids is 2. The first-order valence-corrected chi connectivity index (χ1v) is 8.64. The van der Waals surface area contributed by atoms with E-state index in [4.69, 9.17) is 0 Å². The van der Waals surface area contributed by atoms with Crippen LogP contribution in [0.2, 0.25) is 0 Å². The van der Waals surface area contributed by atoms with Crippen molar-refractivity contribution in [2.75, 3.05) is 4.90 Å². The SMILES string of the molecule is CCC(=O)C1=C(O)C(=O)N(c2cccc(F)c2)C1c1c[nH]c2ccccc12. The van der Waals surface area contributed by atoms with E-state index >= 15 is 0 Å². The van der Waals surface area contributed by atoms with E-state index in [1.807, 2.05) is 24.3 Å². The van der Waals surface area contributed by atoms with Crippen LogP contribution in [0.3, 0.4) is 0 Å². The van der Waals surface area contributed by atoms with Gasteiger partial charge < -0.3 is 10.1 Å². The van der Waals surface area contributed by atoms with Crippen LogP contribution in [0.4, 0.5) is 10.1 Å². The van der Waals surface area contributed by atoms with Crippen LogP contribution in [0.25, 0.3) is 10.9 Å². The maximum atomic E-state index is 13.8. The molecule has 4 rings (SSSR count). The molecule has 0 saturated carbocycles. The minimum atomic E-state index is -0.831. The standard InChI is InChI=1S/C21H17FN2O3/c1-2-17(25)18-19(15-11-23-16-9-4-3-8-14(15)16)24(21(27)20(18)26)13-7-5-6-12(22)10-13/h3-11,19,23,26H,2H2,1H3. The highest BCUT2D eigenvalue weighted by molar-refractivity contribution is 6.17. The predicted octanol–water partition coefficient (Wildman–Crippen LogP) is 4.19. The Kier molecular flexibility index (Phi) is 4.03. The molecule has 3 aromatic rings. The molecule has 0 fully saturated rings. The molecule has 0 bridgehead atoms. The number of fused-ring (bicyclic) bond motifs is 1. The lowest BCUT2D eigenvalue weighted by atomic mass is 9.94. The van der Waals surface area contributed by atoms with Crippen molar-refractivity contribution in [3.05, 3.63) is 77.4 Å². The van der Waals surface area contributed by atoms with E-state index in [1.54, 1.807) is 19.2 Å². The number of carbonyl (C=O) groups is 2. The lowest BCUT2D eigenvalue weighted by molar-refractivity contribution is -0.118. The summed E-state index contributed by atoms with van der Waals surface area (Å²) in [4.78, 5) is 29.8. The maximum Gasteiger partial charge on any atom is 0.294 e. The second kappa shape index (κ2) is 6.39. The van der Waals surface area contributed by atoms with E-state index in [0.717, 1.165) is 10.9 Å². The first-order valence-electron chi connectivity index (χ1n) is 8.64. The number of para-hydroxylation sites is 1. The quantitative estimate of drug-likeness (QED) is 0.729. The normalized spacial score (nSPS) is 17.2. The van der Waals surface area contributed by atoms with Gasteiger partial charge in [-0.1, -0.05) is 31.2 Å². The Morgan fingerprint density at radius 3 is 2.74 bits per heavy atom. The van der Waals surface area contributed by atoms with Gasteiger partial charge in [-0.05, 0) is 24.3 Å². The second-order valence-electron chi connectivity index (χ2n) is 6.39. The van der Waals surface area contributed by atoms with Crippen LogP contribution in [0.1, 0.15) is 24.9 Å². The number of hydrogen-bond acceptors (Lipinski definition) is 3. The van der Waals surface area contributed by atoms with Gasteiger partial charge in [0.15, 0.2) is 11.5 Å². The number of aromatic amines is 1. The smallest absolute Gasteiger partial charge is 0.294 e. The summed E-state index contributed by atoms with van der Waals surface area (Å²) < 4.78 is 13.8. The van der Waals surface area contributed by atoms with Gasteiger partial charge >= 0.3 is 0 Å². The van der Waals surface area contributed by atoms with Gasteiger partial charge in [0, 0.05) is 34.8 Å². The monoisotopic (exact) mass is 364 g/mol. The van der Waals surface area contributed by atoms with Crippen molar-refractivity contribution >= 4 is 28.3 Å². The highest BCUT2D eigenvalue weighted by Gasteiger charge is 2.44. The van der Waals surface area contributed by atoms with Crippen LogP contribution in [-0.2, 0) is 9.59 Å². The second-order valence-corrected chi connectivity index (χ2v) is 6.39. The third-order valence-electron chi connectivity index (χ3n) is 4.83. The Morgan fingerprint density at radius 2 is 2.00 bits per heavy atom. The van der Waals surface area contributed by atoms with Crippen LogP contribution >= 0.6 is 0 Å². The number of aliphatic hydroxyl groups is 1. The Labute approximate surface area is 154 Å². The van der Waals surface area contributed by atoms with Gasteiger partial charge in [0.25, 0.3) is 5.91 Å². The lowest BCUT2D eigenvalue weighted by Crippen LogP contribution is -2.31. The Balaban J connectivity index is 1.96. The Hall–Kier alpha value is -3.41. The average molecular weight is 364 g/mol. The molecule has 136 valence electrons. The molecular weight excluding hydrogens is 347 g/mol. The summed E-state index contributed by atoms with van der Waals surface area (Å²) in [6.07, 6.45) is 1.86. The number of rotatable bonds is 4. The van der Waals surface area contributed by atoms with Crippen molar-refractivity contribution in [1.82, 2.24) is 4.98 Å². The molecule has 1 aliphatic heterocycles. The third-order valence-corrected chi connectivity index (χ3v) is 4.83. The number of nitrogens with zero attached hydrogens (tertiary/aromatic N) is 1. The number of aromatic nitrogens is 1. The molecule has 0 spiro atoms. The van der Waals surface area contributed by atoms with Crippen LogP contribution < -0.4 is 4.90 Å². The zero-order valence-electron chi connectivity index (χ0n) is 14.6. The zero-order valence-corrected chi connectivity index (χ0v) is 14.6. The molecule has 1 atom stereocenters. The van der Waals surface area contributed by atoms with Crippen LogP contribution in [-0.4, -0.2) is 21.8 Å². The highest BCUT2D eigenvalue weighted by Crippen LogP contribution is 2.43. The van der Waals surface area contributed by atoms with E-state index in [2.05, 4.69) is 4.98 Å². The maximum absolute atomic E-state index is 13.8. The number of benzene rings is 2. The van der Waals surface area contributed by atoms with Gasteiger partial charge in [-0.3, -0.25) is 14.5 Å².